The van der Waals surface area contributed by atoms with Gasteiger partial charge < -0.3 is 10.6 Å². The minimum Gasteiger partial charge on any atom is -0.370 e. The molecule has 1 aromatic rings. The Morgan fingerprint density at radius 3 is 2.38 bits per heavy atom. The maximum absolute atomic E-state index is 11.5. The standard InChI is InChI=1S/C23H37N2O/c1-18(2)15-16-25(17-19(3)23(24)26)22-13-11-21(12-14-22)10-9-20-7-5-4-6-8-20/h11-14,18,20H,4-10,15-17H2,1-3H3,(H2,24,26). The molecule has 0 unspecified atom stereocenters. The molecule has 0 saturated heterocycles. The second-order valence-corrected chi connectivity index (χ2v) is 8.46. The zero-order chi connectivity index (χ0) is 18.9. The summed E-state index contributed by atoms with van der Waals surface area (Å²) in [6.07, 6.45) is 10.7. The average molecular weight is 358 g/mol. The first-order valence-corrected chi connectivity index (χ1v) is 10.4. The summed E-state index contributed by atoms with van der Waals surface area (Å²) in [7, 11) is 0. The normalized spacial score (nSPS) is 15.6. The van der Waals surface area contributed by atoms with Crippen LogP contribution in [0.2, 0.25) is 0 Å². The number of hydrogen-bond donors (Lipinski definition) is 1. The van der Waals surface area contributed by atoms with Gasteiger partial charge in [0.15, 0.2) is 0 Å². The molecule has 0 spiro atoms. The second-order valence-electron chi connectivity index (χ2n) is 8.46. The number of anilines is 1. The van der Waals surface area contributed by atoms with E-state index in [0.717, 1.165) is 24.8 Å². The van der Waals surface area contributed by atoms with Crippen molar-refractivity contribution in [1.82, 2.24) is 0 Å². The predicted molar refractivity (Wildman–Crippen MR) is 111 cm³/mol. The topological polar surface area (TPSA) is 46.3 Å². The lowest BCUT2D eigenvalue weighted by Gasteiger charge is -2.28. The lowest BCUT2D eigenvalue weighted by Crippen LogP contribution is -2.34. The molecule has 0 aromatic heterocycles. The maximum atomic E-state index is 11.5. The van der Waals surface area contributed by atoms with Crippen LogP contribution in [0.15, 0.2) is 24.3 Å². The number of benzene rings is 1. The summed E-state index contributed by atoms with van der Waals surface area (Å²) < 4.78 is 0. The number of carbonyl (C=O) groups is 1. The molecule has 0 bridgehead atoms. The van der Waals surface area contributed by atoms with E-state index in [0.29, 0.717) is 12.5 Å². The third-order valence-corrected chi connectivity index (χ3v) is 5.69. The van der Waals surface area contributed by atoms with Gasteiger partial charge in [-0.1, -0.05) is 58.1 Å². The van der Waals surface area contributed by atoms with Crippen molar-refractivity contribution in [3.05, 3.63) is 35.7 Å². The van der Waals surface area contributed by atoms with E-state index in [-0.39, 0.29) is 5.91 Å². The van der Waals surface area contributed by atoms with E-state index >= 15 is 0 Å². The predicted octanol–water partition coefficient (Wildman–Crippen LogP) is 5.13. The molecular formula is C23H37N2O. The van der Waals surface area contributed by atoms with Crippen LogP contribution in [-0.4, -0.2) is 19.0 Å². The van der Waals surface area contributed by atoms with E-state index in [2.05, 4.69) is 43.0 Å². The first kappa shape index (κ1) is 20.8. The van der Waals surface area contributed by atoms with Crippen LogP contribution in [-0.2, 0) is 11.2 Å². The number of hydrogen-bond acceptors (Lipinski definition) is 2. The van der Waals surface area contributed by atoms with Gasteiger partial charge in [-0.2, -0.15) is 0 Å². The lowest BCUT2D eigenvalue weighted by molar-refractivity contribution is -0.116. The Kier molecular flexibility index (Phi) is 8.47. The first-order valence-electron chi connectivity index (χ1n) is 10.4. The molecule has 1 aromatic carbocycles. The van der Waals surface area contributed by atoms with Gasteiger partial charge in [0.1, 0.15) is 0 Å². The molecule has 1 amide bonds. The molecule has 26 heavy (non-hydrogen) atoms. The zero-order valence-corrected chi connectivity index (χ0v) is 17.0. The quantitative estimate of drug-likeness (QED) is 0.631. The first-order chi connectivity index (χ1) is 12.5. The van der Waals surface area contributed by atoms with Gasteiger partial charge in [0, 0.05) is 18.8 Å². The number of amides is 1. The highest BCUT2D eigenvalue weighted by Gasteiger charge is 2.17. The molecule has 1 aliphatic carbocycles. The zero-order valence-electron chi connectivity index (χ0n) is 17.0. The van der Waals surface area contributed by atoms with E-state index in [1.54, 1.807) is 0 Å². The van der Waals surface area contributed by atoms with Crippen LogP contribution in [0.3, 0.4) is 0 Å². The van der Waals surface area contributed by atoms with Crippen LogP contribution in [0, 0.1) is 17.8 Å². The van der Waals surface area contributed by atoms with Crippen molar-refractivity contribution in [1.29, 1.82) is 0 Å². The number of nitrogens with two attached hydrogens (primary N) is 1. The molecule has 0 aliphatic heterocycles. The Balaban J connectivity index is 1.94. The molecular weight excluding hydrogens is 320 g/mol. The third kappa shape index (κ3) is 7.01. The van der Waals surface area contributed by atoms with Gasteiger partial charge in [0.05, 0.1) is 5.92 Å². The summed E-state index contributed by atoms with van der Waals surface area (Å²) in [5.74, 6) is 1.98. The van der Waals surface area contributed by atoms with Crippen LogP contribution >= 0.6 is 0 Å². The minimum absolute atomic E-state index is 0.302. The summed E-state index contributed by atoms with van der Waals surface area (Å²) in [4.78, 5) is 13.7. The van der Waals surface area contributed by atoms with Gasteiger partial charge >= 0.3 is 0 Å². The van der Waals surface area contributed by atoms with Crippen molar-refractivity contribution >= 4 is 11.6 Å². The Hall–Kier alpha value is -1.51. The summed E-state index contributed by atoms with van der Waals surface area (Å²) >= 11 is 0. The highest BCUT2D eigenvalue weighted by molar-refractivity contribution is 5.88. The average Bonchev–Trinajstić information content (AvgIpc) is 2.64. The number of nitrogens with zero attached hydrogens (tertiary/aromatic N) is 1. The minimum atomic E-state index is -0.302. The molecule has 3 nitrogen and oxygen atoms in total. The largest absolute Gasteiger partial charge is 0.370 e. The Labute approximate surface area is 160 Å². The molecule has 2 rings (SSSR count). The van der Waals surface area contributed by atoms with E-state index in [1.165, 1.54) is 56.2 Å². The van der Waals surface area contributed by atoms with Crippen molar-refractivity contribution in [3.8, 4) is 0 Å². The van der Waals surface area contributed by atoms with Crippen molar-refractivity contribution in [2.75, 3.05) is 18.0 Å². The van der Waals surface area contributed by atoms with Crippen LogP contribution in [0.1, 0.15) is 71.3 Å². The smallest absolute Gasteiger partial charge is 0.226 e. The van der Waals surface area contributed by atoms with E-state index in [1.807, 2.05) is 6.92 Å². The monoisotopic (exact) mass is 357 g/mol. The molecule has 1 fully saturated rings. The number of carbonyl (C=O) groups excluding carboxylic acids is 1. The fourth-order valence-corrected chi connectivity index (χ4v) is 3.80. The van der Waals surface area contributed by atoms with Crippen LogP contribution in [0.25, 0.3) is 0 Å². The van der Waals surface area contributed by atoms with Crippen LogP contribution in [0.5, 0.6) is 0 Å². The molecule has 0 atom stereocenters. The van der Waals surface area contributed by atoms with Crippen molar-refractivity contribution in [3.63, 3.8) is 0 Å². The Morgan fingerprint density at radius 1 is 1.15 bits per heavy atom. The molecule has 145 valence electrons. The fraction of sp³-hybridized carbons (Fsp3) is 0.652. The maximum Gasteiger partial charge on any atom is 0.226 e. The lowest BCUT2D eigenvalue weighted by atomic mass is 9.85. The van der Waals surface area contributed by atoms with E-state index < -0.39 is 0 Å². The van der Waals surface area contributed by atoms with Crippen molar-refractivity contribution < 1.29 is 4.79 Å². The molecule has 3 heteroatoms. The molecule has 1 aliphatic rings. The second kappa shape index (κ2) is 10.6. The van der Waals surface area contributed by atoms with Crippen LogP contribution in [0.4, 0.5) is 5.69 Å². The van der Waals surface area contributed by atoms with Gasteiger partial charge in [0.25, 0.3) is 0 Å². The molecule has 1 saturated carbocycles. The summed E-state index contributed by atoms with van der Waals surface area (Å²) in [5, 5.41) is 0. The van der Waals surface area contributed by atoms with E-state index in [9.17, 15) is 4.79 Å². The highest BCUT2D eigenvalue weighted by atomic mass is 16.1. The van der Waals surface area contributed by atoms with Gasteiger partial charge in [-0.3, -0.25) is 4.79 Å². The molecule has 1 radical (unpaired) electrons. The summed E-state index contributed by atoms with van der Waals surface area (Å²) in [6, 6.07) is 8.95. The fourth-order valence-electron chi connectivity index (χ4n) is 3.80. The third-order valence-electron chi connectivity index (χ3n) is 5.69. The van der Waals surface area contributed by atoms with Gasteiger partial charge in [-0.05, 0) is 55.7 Å². The van der Waals surface area contributed by atoms with Gasteiger partial charge in [-0.25, -0.2) is 0 Å². The number of primary amides is 1. The van der Waals surface area contributed by atoms with Crippen molar-refractivity contribution in [2.45, 2.75) is 72.1 Å². The van der Waals surface area contributed by atoms with Crippen molar-refractivity contribution in [2.24, 2.45) is 17.6 Å². The molecule has 0 heterocycles. The number of aryl methyl sites for hydroxylation is 1. The Bertz CT molecular complexity index is 532. The Morgan fingerprint density at radius 2 is 1.81 bits per heavy atom. The van der Waals surface area contributed by atoms with Gasteiger partial charge in [0.2, 0.25) is 5.91 Å². The number of rotatable bonds is 10. The highest BCUT2D eigenvalue weighted by Crippen LogP contribution is 2.28. The van der Waals surface area contributed by atoms with Gasteiger partial charge in [-0.15, -0.1) is 0 Å². The summed E-state index contributed by atoms with van der Waals surface area (Å²) in [6.45, 7) is 7.87. The van der Waals surface area contributed by atoms with Crippen LogP contribution < -0.4 is 10.6 Å². The summed E-state index contributed by atoms with van der Waals surface area (Å²) in [5.41, 5.74) is 8.07. The molecule has 2 N–H and O–H groups in total. The van der Waals surface area contributed by atoms with E-state index in [4.69, 9.17) is 5.73 Å². The SMILES string of the molecule is C[C](CN(CCC(C)C)c1ccc(CCC2CCCCC2)cc1)C(N)=O.